The molecule has 0 aliphatic rings. The Kier molecular flexibility index (Phi) is 3.09. The molecular formula is C7H16O2Si. The number of hydrogen-bond acceptors (Lipinski definition) is 2. The minimum absolute atomic E-state index is 0.0702. The van der Waals surface area contributed by atoms with Crippen LogP contribution in [0.25, 0.3) is 0 Å². The van der Waals surface area contributed by atoms with Crippen molar-refractivity contribution >= 4 is 14.0 Å². The predicted octanol–water partition coefficient (Wildman–Crippen LogP) is 1.89. The zero-order valence-corrected chi connectivity index (χ0v) is 8.39. The van der Waals surface area contributed by atoms with Crippen LogP contribution in [0, 0.1) is 0 Å². The zero-order valence-electron chi connectivity index (χ0n) is 7.39. The van der Waals surface area contributed by atoms with Crippen molar-refractivity contribution in [1.82, 2.24) is 0 Å². The van der Waals surface area contributed by atoms with Crippen LogP contribution in [0.1, 0.15) is 6.92 Å². The molecule has 0 saturated heterocycles. The lowest BCUT2D eigenvalue weighted by molar-refractivity contribution is -0.140. The lowest BCUT2D eigenvalue weighted by Crippen LogP contribution is -2.32. The van der Waals surface area contributed by atoms with Gasteiger partial charge in [-0.15, -0.1) is 0 Å². The van der Waals surface area contributed by atoms with Crippen LogP contribution >= 0.6 is 0 Å². The van der Waals surface area contributed by atoms with Gasteiger partial charge in [0.15, 0.2) is 0 Å². The Balaban J connectivity index is 4.08. The van der Waals surface area contributed by atoms with Crippen molar-refractivity contribution in [3.8, 4) is 0 Å². The second kappa shape index (κ2) is 3.19. The van der Waals surface area contributed by atoms with Crippen molar-refractivity contribution in [2.45, 2.75) is 32.1 Å². The average molecular weight is 160 g/mol. The quantitative estimate of drug-likeness (QED) is 0.455. The van der Waals surface area contributed by atoms with Crippen LogP contribution in [0.15, 0.2) is 0 Å². The Bertz CT molecular complexity index is 126. The fourth-order valence-corrected chi connectivity index (χ4v) is 1.36. The lowest BCUT2D eigenvalue weighted by atomic mass is 10.5. The summed E-state index contributed by atoms with van der Waals surface area (Å²) in [5.41, 5.74) is 0.109. The summed E-state index contributed by atoms with van der Waals surface area (Å²) in [5, 5.41) is 0. The van der Waals surface area contributed by atoms with Gasteiger partial charge in [0.25, 0.3) is 0 Å². The summed E-state index contributed by atoms with van der Waals surface area (Å²) in [6.07, 6.45) is 0. The minimum atomic E-state index is -1.32. The van der Waals surface area contributed by atoms with Gasteiger partial charge in [-0.1, -0.05) is 26.6 Å². The molecule has 0 heterocycles. The third kappa shape index (κ3) is 2.52. The molecule has 0 aliphatic carbocycles. The van der Waals surface area contributed by atoms with Gasteiger partial charge in [0.05, 0.1) is 15.2 Å². The first-order valence-corrected chi connectivity index (χ1v) is 7.05. The van der Waals surface area contributed by atoms with Gasteiger partial charge in [-0.3, -0.25) is 4.79 Å². The van der Waals surface area contributed by atoms with Crippen LogP contribution in [0.3, 0.4) is 0 Å². The van der Waals surface area contributed by atoms with Gasteiger partial charge in [0, 0.05) is 5.54 Å². The summed E-state index contributed by atoms with van der Waals surface area (Å²) in [6.45, 7) is 8.43. The molecule has 0 spiro atoms. The van der Waals surface area contributed by atoms with Gasteiger partial charge < -0.3 is 4.74 Å². The van der Waals surface area contributed by atoms with E-state index in [-0.39, 0.29) is 11.5 Å². The normalized spacial score (nSPS) is 14.5. The first-order valence-electron chi connectivity index (χ1n) is 3.47. The third-order valence-corrected chi connectivity index (χ3v) is 4.69. The van der Waals surface area contributed by atoms with E-state index in [4.69, 9.17) is 0 Å². The molecule has 10 heavy (non-hydrogen) atoms. The smallest absolute Gasteiger partial charge is 0.305 e. The van der Waals surface area contributed by atoms with E-state index in [9.17, 15) is 4.79 Å². The van der Waals surface area contributed by atoms with Crippen LogP contribution < -0.4 is 0 Å². The van der Waals surface area contributed by atoms with E-state index in [1.54, 1.807) is 0 Å². The number of ether oxygens (including phenoxy) is 1. The molecule has 0 saturated carbocycles. The zero-order chi connectivity index (χ0) is 8.36. The first kappa shape index (κ1) is 9.69. The van der Waals surface area contributed by atoms with Crippen LogP contribution in [-0.4, -0.2) is 21.2 Å². The van der Waals surface area contributed by atoms with Crippen molar-refractivity contribution in [1.29, 1.82) is 0 Å². The Hall–Kier alpha value is -0.313. The van der Waals surface area contributed by atoms with Crippen LogP contribution in [0.2, 0.25) is 25.2 Å². The van der Waals surface area contributed by atoms with E-state index in [0.29, 0.717) is 0 Å². The van der Waals surface area contributed by atoms with Gasteiger partial charge in [0.2, 0.25) is 0 Å². The molecule has 0 bridgehead atoms. The maximum absolute atomic E-state index is 11.0. The highest BCUT2D eigenvalue weighted by molar-refractivity contribution is 6.80. The highest BCUT2D eigenvalue weighted by Crippen LogP contribution is 2.21. The molecule has 0 aromatic rings. The molecule has 1 atom stereocenters. The van der Waals surface area contributed by atoms with Crippen molar-refractivity contribution in [2.75, 3.05) is 7.11 Å². The van der Waals surface area contributed by atoms with E-state index < -0.39 is 8.07 Å². The first-order chi connectivity index (χ1) is 4.39. The van der Waals surface area contributed by atoms with Crippen LogP contribution in [0.4, 0.5) is 0 Å². The molecule has 0 N–H and O–H groups in total. The van der Waals surface area contributed by atoms with Crippen molar-refractivity contribution in [2.24, 2.45) is 0 Å². The van der Waals surface area contributed by atoms with Crippen molar-refractivity contribution in [3.05, 3.63) is 0 Å². The molecule has 2 nitrogen and oxygen atoms in total. The molecule has 0 amide bonds. The van der Waals surface area contributed by atoms with Crippen LogP contribution in [-0.2, 0) is 9.53 Å². The largest absolute Gasteiger partial charge is 0.469 e. The van der Waals surface area contributed by atoms with Gasteiger partial charge in [0.1, 0.15) is 0 Å². The summed E-state index contributed by atoms with van der Waals surface area (Å²) in [6, 6.07) is 0. The van der Waals surface area contributed by atoms with Crippen molar-refractivity contribution < 1.29 is 9.53 Å². The molecule has 0 radical (unpaired) electrons. The van der Waals surface area contributed by atoms with Gasteiger partial charge in [-0.25, -0.2) is 0 Å². The molecule has 60 valence electrons. The highest BCUT2D eigenvalue weighted by atomic mass is 28.3. The maximum Gasteiger partial charge on any atom is 0.305 e. The van der Waals surface area contributed by atoms with Crippen LogP contribution in [0.5, 0.6) is 0 Å². The van der Waals surface area contributed by atoms with E-state index in [1.807, 2.05) is 6.92 Å². The Morgan fingerprint density at radius 1 is 1.40 bits per heavy atom. The summed E-state index contributed by atoms with van der Waals surface area (Å²) < 4.78 is 4.63. The molecule has 0 aromatic carbocycles. The van der Waals surface area contributed by atoms with E-state index in [2.05, 4.69) is 24.4 Å². The van der Waals surface area contributed by atoms with E-state index in [1.165, 1.54) is 7.11 Å². The van der Waals surface area contributed by atoms with Gasteiger partial charge >= 0.3 is 5.97 Å². The fraction of sp³-hybridized carbons (Fsp3) is 0.857. The number of carbonyl (C=O) groups excluding carboxylic acids is 1. The Labute approximate surface area is 63.6 Å². The number of esters is 1. The number of hydrogen-bond donors (Lipinski definition) is 0. The number of methoxy groups -OCH3 is 1. The third-order valence-electron chi connectivity index (χ3n) is 1.85. The number of carbonyl (C=O) groups is 1. The second-order valence-corrected chi connectivity index (χ2v) is 9.21. The van der Waals surface area contributed by atoms with Gasteiger partial charge in [-0.05, 0) is 0 Å². The summed E-state index contributed by atoms with van der Waals surface area (Å²) >= 11 is 0. The molecule has 0 rings (SSSR count). The predicted molar refractivity (Wildman–Crippen MR) is 44.8 cm³/mol. The molecule has 0 aromatic heterocycles. The summed E-state index contributed by atoms with van der Waals surface area (Å²) in [4.78, 5) is 11.0. The van der Waals surface area contributed by atoms with E-state index in [0.717, 1.165) is 0 Å². The molecule has 0 fully saturated rings. The molecular weight excluding hydrogens is 144 g/mol. The second-order valence-electron chi connectivity index (χ2n) is 3.61. The Morgan fingerprint density at radius 2 is 1.80 bits per heavy atom. The van der Waals surface area contributed by atoms with Gasteiger partial charge in [-0.2, -0.15) is 0 Å². The molecule has 0 aliphatic heterocycles. The Morgan fingerprint density at radius 3 is 1.90 bits per heavy atom. The summed E-state index contributed by atoms with van der Waals surface area (Å²) in [5.74, 6) is -0.0702. The summed E-state index contributed by atoms with van der Waals surface area (Å²) in [7, 11) is 0.124. The SMILES string of the molecule is COC(=O)C(C)[Si](C)(C)C. The lowest BCUT2D eigenvalue weighted by Gasteiger charge is -2.21. The standard InChI is InChI=1S/C7H16O2Si/c1-6(7(8)9-2)10(3,4)5/h6H,1-5H3. The maximum atomic E-state index is 11.0. The highest BCUT2D eigenvalue weighted by Gasteiger charge is 2.28. The molecule has 3 heteroatoms. The minimum Gasteiger partial charge on any atom is -0.469 e. The number of rotatable bonds is 2. The van der Waals surface area contributed by atoms with Crippen molar-refractivity contribution in [3.63, 3.8) is 0 Å². The topological polar surface area (TPSA) is 26.3 Å². The average Bonchev–Trinajstić information content (AvgIpc) is 1.83. The fourth-order valence-electron chi connectivity index (χ4n) is 0.530. The monoisotopic (exact) mass is 160 g/mol. The van der Waals surface area contributed by atoms with E-state index >= 15 is 0 Å². The molecule has 1 unspecified atom stereocenters.